The van der Waals surface area contributed by atoms with Crippen LogP contribution in [0.15, 0.2) is 104 Å². The summed E-state index contributed by atoms with van der Waals surface area (Å²) in [5.41, 5.74) is 8.61. The smallest absolute Gasteiger partial charge is 0.200 e. The molecule has 0 atom stereocenters. The maximum atomic E-state index is 3.91. The van der Waals surface area contributed by atoms with E-state index in [0.717, 1.165) is 39.3 Å². The summed E-state index contributed by atoms with van der Waals surface area (Å²) in [4.78, 5) is 4.70. The fourth-order valence-electron chi connectivity index (χ4n) is 4.75. The van der Waals surface area contributed by atoms with E-state index in [0.29, 0.717) is 0 Å². The van der Waals surface area contributed by atoms with E-state index in [9.17, 15) is 0 Å². The van der Waals surface area contributed by atoms with Crippen LogP contribution in [0.5, 0.6) is 0 Å². The van der Waals surface area contributed by atoms with Crippen LogP contribution in [-0.2, 0) is 0 Å². The second kappa shape index (κ2) is 13.5. The molecule has 1 aliphatic carbocycles. The van der Waals surface area contributed by atoms with E-state index in [1.807, 2.05) is 12.2 Å². The highest BCUT2D eigenvalue weighted by Crippen LogP contribution is 2.32. The van der Waals surface area contributed by atoms with Crippen LogP contribution in [0.1, 0.15) is 38.8 Å². The molecule has 36 heavy (non-hydrogen) atoms. The van der Waals surface area contributed by atoms with Gasteiger partial charge in [-0.05, 0) is 92.5 Å². The molecule has 0 amide bonds. The number of hydrogen-bond acceptors (Lipinski definition) is 2. The number of rotatable bonds is 12. The molecule has 1 aliphatic rings. The third kappa shape index (κ3) is 6.34. The van der Waals surface area contributed by atoms with Gasteiger partial charge in [-0.15, -0.1) is 6.58 Å². The zero-order valence-electron chi connectivity index (χ0n) is 22.6. The van der Waals surface area contributed by atoms with E-state index < -0.39 is 0 Å². The number of allylic oxidation sites excluding steroid dienone is 5. The lowest BCUT2D eigenvalue weighted by atomic mass is 9.90. The summed E-state index contributed by atoms with van der Waals surface area (Å²) in [6.07, 6.45) is 12.9. The minimum atomic E-state index is 0.847. The summed E-state index contributed by atoms with van der Waals surface area (Å²) < 4.78 is 2.32. The van der Waals surface area contributed by atoms with Gasteiger partial charge in [0.15, 0.2) is 12.3 Å². The quantitative estimate of drug-likeness (QED) is 0.236. The second-order valence-corrected chi connectivity index (χ2v) is 8.84. The van der Waals surface area contributed by atoms with Gasteiger partial charge in [0.05, 0.1) is 0 Å². The van der Waals surface area contributed by atoms with Gasteiger partial charge in [0.2, 0.25) is 0 Å². The summed E-state index contributed by atoms with van der Waals surface area (Å²) in [7, 11) is 0. The monoisotopic (exact) mass is 480 g/mol. The Bertz CT molecular complexity index is 1120. The second-order valence-electron chi connectivity index (χ2n) is 8.84. The van der Waals surface area contributed by atoms with E-state index in [2.05, 4.69) is 128 Å². The third-order valence-electron chi connectivity index (χ3n) is 6.79. The first-order valence-electron chi connectivity index (χ1n) is 13.2. The fourth-order valence-corrected chi connectivity index (χ4v) is 4.75. The summed E-state index contributed by atoms with van der Waals surface area (Å²) >= 11 is 0. The van der Waals surface area contributed by atoms with Crippen molar-refractivity contribution in [3.63, 3.8) is 0 Å². The molecule has 2 aromatic rings. The molecule has 0 spiro atoms. The molecule has 0 bridgehead atoms. The Balaban J connectivity index is 2.08. The van der Waals surface area contributed by atoms with E-state index in [4.69, 9.17) is 0 Å². The van der Waals surface area contributed by atoms with Crippen LogP contribution in [0.25, 0.3) is 5.57 Å². The van der Waals surface area contributed by atoms with Crippen molar-refractivity contribution >= 4 is 22.7 Å². The van der Waals surface area contributed by atoms with Crippen molar-refractivity contribution in [1.82, 2.24) is 0 Å². The highest BCUT2D eigenvalue weighted by atomic mass is 15.1. The summed E-state index contributed by atoms with van der Waals surface area (Å²) in [5.74, 6) is 0. The summed E-state index contributed by atoms with van der Waals surface area (Å²) in [6.45, 7) is 22.2. The molecule has 0 radical (unpaired) electrons. The molecule has 0 aromatic heterocycles. The predicted octanol–water partition coefficient (Wildman–Crippen LogP) is 7.13. The topological polar surface area (TPSA) is 9.49 Å². The Labute approximate surface area is 218 Å². The highest BCUT2D eigenvalue weighted by Gasteiger charge is 2.15. The lowest BCUT2D eigenvalue weighted by molar-refractivity contribution is -0.512. The zero-order valence-corrected chi connectivity index (χ0v) is 22.6. The molecule has 0 saturated heterocycles. The van der Waals surface area contributed by atoms with Crippen molar-refractivity contribution in [1.29, 1.82) is 0 Å². The molecular weight excluding hydrogens is 438 g/mol. The van der Waals surface area contributed by atoms with Crippen molar-refractivity contribution in [2.75, 3.05) is 49.1 Å². The molecule has 3 nitrogen and oxygen atoms in total. The Morgan fingerprint density at radius 2 is 1.19 bits per heavy atom. The number of nitrogens with zero attached hydrogens (tertiary/aromatic N) is 3. The highest BCUT2D eigenvalue weighted by molar-refractivity contribution is 6.04. The maximum absolute atomic E-state index is 3.91. The van der Waals surface area contributed by atoms with Gasteiger partial charge in [0.25, 0.3) is 0 Å². The van der Waals surface area contributed by atoms with Gasteiger partial charge in [-0.25, -0.2) is 4.58 Å². The first-order chi connectivity index (χ1) is 17.6. The van der Waals surface area contributed by atoms with Crippen LogP contribution in [0.3, 0.4) is 0 Å². The molecule has 0 aliphatic heterocycles. The molecular formula is C33H42N3+. The van der Waals surface area contributed by atoms with Gasteiger partial charge < -0.3 is 9.80 Å². The van der Waals surface area contributed by atoms with Crippen LogP contribution >= 0.6 is 0 Å². The van der Waals surface area contributed by atoms with Crippen molar-refractivity contribution in [3.05, 3.63) is 115 Å². The fraction of sp³-hybridized carbons (Fsp3) is 0.303. The van der Waals surface area contributed by atoms with Crippen LogP contribution in [0, 0.1) is 0 Å². The zero-order chi connectivity index (χ0) is 25.9. The molecule has 2 aromatic carbocycles. The lowest BCUT2D eigenvalue weighted by Crippen LogP contribution is -2.22. The maximum Gasteiger partial charge on any atom is 0.200 e. The SMILES string of the molecule is C=CCN(CC)c1ccc(C(=C2C=CC(=[N+](CC)CC=C)C=C2)c2ccc(N(CC)CC)cc2)cc1. The lowest BCUT2D eigenvalue weighted by Gasteiger charge is -2.23. The van der Waals surface area contributed by atoms with Gasteiger partial charge in [-0.1, -0.05) is 36.9 Å². The van der Waals surface area contributed by atoms with Crippen molar-refractivity contribution in [3.8, 4) is 0 Å². The van der Waals surface area contributed by atoms with E-state index >= 15 is 0 Å². The predicted molar refractivity (Wildman–Crippen MR) is 160 cm³/mol. The van der Waals surface area contributed by atoms with Crippen molar-refractivity contribution < 1.29 is 4.58 Å². The van der Waals surface area contributed by atoms with Gasteiger partial charge >= 0.3 is 0 Å². The molecule has 0 N–H and O–H groups in total. The molecule has 0 unspecified atom stereocenters. The van der Waals surface area contributed by atoms with E-state index in [1.54, 1.807) is 0 Å². The van der Waals surface area contributed by atoms with E-state index in [-0.39, 0.29) is 0 Å². The number of benzene rings is 2. The number of anilines is 2. The summed E-state index contributed by atoms with van der Waals surface area (Å²) in [6, 6.07) is 18.0. The molecule has 188 valence electrons. The van der Waals surface area contributed by atoms with Crippen molar-refractivity contribution in [2.45, 2.75) is 27.7 Å². The molecule has 0 saturated carbocycles. The first-order valence-corrected chi connectivity index (χ1v) is 13.2. The van der Waals surface area contributed by atoms with Crippen LogP contribution in [0.4, 0.5) is 11.4 Å². The Morgan fingerprint density at radius 3 is 1.61 bits per heavy atom. The average Bonchev–Trinajstić information content (AvgIpc) is 2.93. The standard InChI is InChI=1S/C33H42N3/c1-7-25-35(11-5)31-21-15-28(16-22-31)33(27-13-19-30(20-14-27)34(9-3)10-4)29-17-23-32(24-18-29)36(12-6)26-8-2/h7-8,13-24H,1-2,9-12,25-26H2,3-6H3/q+1. The number of likely N-dealkylation sites (N-methyl/N-ethyl adjacent to an activating group) is 2. The normalized spacial score (nSPS) is 12.4. The Hall–Kier alpha value is -3.59. The average molecular weight is 481 g/mol. The minimum absolute atomic E-state index is 0.847. The third-order valence-corrected chi connectivity index (χ3v) is 6.79. The molecule has 3 heteroatoms. The number of hydrogen-bond donors (Lipinski definition) is 0. The minimum Gasteiger partial charge on any atom is -0.372 e. The van der Waals surface area contributed by atoms with E-state index in [1.165, 1.54) is 39.4 Å². The van der Waals surface area contributed by atoms with Gasteiger partial charge in [-0.2, -0.15) is 0 Å². The Morgan fingerprint density at radius 1 is 0.694 bits per heavy atom. The first kappa shape index (κ1) is 27.0. The Kier molecular flexibility index (Phi) is 10.1. The molecule has 0 fully saturated rings. The van der Waals surface area contributed by atoms with Crippen LogP contribution in [0.2, 0.25) is 0 Å². The molecule has 0 heterocycles. The van der Waals surface area contributed by atoms with Gasteiger partial charge in [-0.3, -0.25) is 0 Å². The van der Waals surface area contributed by atoms with Gasteiger partial charge in [0.1, 0.15) is 6.54 Å². The molecule has 3 rings (SSSR count). The van der Waals surface area contributed by atoms with Crippen LogP contribution in [-0.4, -0.2) is 49.6 Å². The largest absolute Gasteiger partial charge is 0.372 e. The van der Waals surface area contributed by atoms with Crippen molar-refractivity contribution in [2.24, 2.45) is 0 Å². The van der Waals surface area contributed by atoms with Gasteiger partial charge in [0, 0.05) is 49.7 Å². The van der Waals surface area contributed by atoms with Crippen LogP contribution < -0.4 is 9.80 Å². The summed E-state index contributed by atoms with van der Waals surface area (Å²) in [5, 5.41) is 0.